The van der Waals surface area contributed by atoms with Gasteiger partial charge in [-0.25, -0.2) is 0 Å². The van der Waals surface area contributed by atoms with Crippen LogP contribution < -0.4 is 0 Å². The van der Waals surface area contributed by atoms with Crippen LogP contribution in [-0.2, 0) is 17.3 Å². The van der Waals surface area contributed by atoms with Gasteiger partial charge in [-0.2, -0.15) is 13.2 Å². The molecule has 0 fully saturated rings. The van der Waals surface area contributed by atoms with Gasteiger partial charge in [0.15, 0.2) is 0 Å². The summed E-state index contributed by atoms with van der Waals surface area (Å²) in [6.45, 7) is 0.457. The van der Waals surface area contributed by atoms with E-state index in [4.69, 9.17) is 4.74 Å². The van der Waals surface area contributed by atoms with E-state index in [0.717, 1.165) is 12.3 Å². The lowest BCUT2D eigenvalue weighted by Gasteiger charge is -2.06. The van der Waals surface area contributed by atoms with Gasteiger partial charge in [0.05, 0.1) is 12.2 Å². The molecule has 0 saturated heterocycles. The normalized spacial score (nSPS) is 11.7. The minimum absolute atomic E-state index is 0.457. The number of aromatic nitrogens is 1. The molecule has 14 heavy (non-hydrogen) atoms. The minimum Gasteiger partial charge on any atom is -0.384 e. The highest BCUT2D eigenvalue weighted by Crippen LogP contribution is 2.28. The zero-order valence-corrected chi connectivity index (χ0v) is 7.64. The maximum Gasteiger partial charge on any atom is 0.417 e. The van der Waals surface area contributed by atoms with E-state index in [2.05, 4.69) is 4.98 Å². The van der Waals surface area contributed by atoms with E-state index in [1.807, 2.05) is 0 Å². The number of hydrogen-bond donors (Lipinski definition) is 0. The Balaban J connectivity index is 2.69. The summed E-state index contributed by atoms with van der Waals surface area (Å²) in [5.41, 5.74) is -0.126. The van der Waals surface area contributed by atoms with Crippen LogP contribution in [0.4, 0.5) is 13.2 Å². The van der Waals surface area contributed by atoms with Crippen LogP contribution in [0.2, 0.25) is 0 Å². The fourth-order valence-electron chi connectivity index (χ4n) is 0.947. The Hall–Kier alpha value is -1.10. The summed E-state index contributed by atoms with van der Waals surface area (Å²) in [6, 6.07) is 2.39. The van der Waals surface area contributed by atoms with Gasteiger partial charge < -0.3 is 4.74 Å². The largest absolute Gasteiger partial charge is 0.417 e. The number of nitrogens with zero attached hydrogens (tertiary/aromatic N) is 1. The van der Waals surface area contributed by atoms with Crippen molar-refractivity contribution >= 4 is 0 Å². The van der Waals surface area contributed by atoms with Crippen molar-refractivity contribution in [2.24, 2.45) is 0 Å². The van der Waals surface area contributed by atoms with Gasteiger partial charge in [0.25, 0.3) is 0 Å². The highest BCUT2D eigenvalue weighted by Gasteiger charge is 2.30. The number of hydrogen-bond acceptors (Lipinski definition) is 2. The van der Waals surface area contributed by atoms with Gasteiger partial charge in [-0.1, -0.05) is 0 Å². The smallest absolute Gasteiger partial charge is 0.384 e. The minimum atomic E-state index is -4.31. The highest BCUT2D eigenvalue weighted by molar-refractivity contribution is 5.16. The summed E-state index contributed by atoms with van der Waals surface area (Å²) in [7, 11) is 1.53. The van der Waals surface area contributed by atoms with Gasteiger partial charge in [-0.15, -0.1) is 0 Å². The summed E-state index contributed by atoms with van der Waals surface area (Å²) in [4.78, 5) is 3.68. The fourth-order valence-corrected chi connectivity index (χ4v) is 0.947. The van der Waals surface area contributed by atoms with E-state index in [1.165, 1.54) is 13.2 Å². The Labute approximate surface area is 79.7 Å². The summed E-state index contributed by atoms with van der Waals surface area (Å²) in [6.07, 6.45) is -2.95. The summed E-state index contributed by atoms with van der Waals surface area (Å²) in [5, 5.41) is 0. The van der Waals surface area contributed by atoms with Crippen LogP contribution in [0, 0.1) is 0 Å². The lowest BCUT2D eigenvalue weighted by molar-refractivity contribution is -0.137. The molecular formula is C9H10F3NO. The molecule has 1 aromatic heterocycles. The quantitative estimate of drug-likeness (QED) is 0.755. The first-order valence-corrected chi connectivity index (χ1v) is 4.05. The Bertz CT molecular complexity index is 281. The molecule has 0 aromatic carbocycles. The van der Waals surface area contributed by atoms with E-state index < -0.39 is 11.7 Å². The molecule has 1 aromatic rings. The molecule has 0 radical (unpaired) electrons. The maximum atomic E-state index is 12.1. The molecule has 2 nitrogen and oxygen atoms in total. The van der Waals surface area contributed by atoms with Crippen LogP contribution in [-0.4, -0.2) is 18.7 Å². The first-order valence-electron chi connectivity index (χ1n) is 4.05. The topological polar surface area (TPSA) is 22.1 Å². The number of halogens is 3. The molecule has 0 aliphatic rings. The molecule has 0 unspecified atom stereocenters. The van der Waals surface area contributed by atoms with E-state index >= 15 is 0 Å². The predicted molar refractivity (Wildman–Crippen MR) is 44.8 cm³/mol. The van der Waals surface area contributed by atoms with Gasteiger partial charge in [-0.05, 0) is 12.1 Å². The van der Waals surface area contributed by atoms with Gasteiger partial charge >= 0.3 is 6.18 Å². The number of rotatable bonds is 3. The molecular weight excluding hydrogens is 195 g/mol. The van der Waals surface area contributed by atoms with Crippen molar-refractivity contribution in [2.75, 3.05) is 13.7 Å². The van der Waals surface area contributed by atoms with E-state index in [0.29, 0.717) is 18.7 Å². The van der Waals surface area contributed by atoms with Crippen molar-refractivity contribution in [3.05, 3.63) is 29.6 Å². The lowest BCUT2D eigenvalue weighted by Crippen LogP contribution is -2.06. The highest BCUT2D eigenvalue weighted by atomic mass is 19.4. The number of pyridine rings is 1. The SMILES string of the molecule is COCCc1ccc(C(F)(F)F)cn1. The first-order chi connectivity index (χ1) is 6.54. The van der Waals surface area contributed by atoms with Crippen molar-refractivity contribution in [2.45, 2.75) is 12.6 Å². The van der Waals surface area contributed by atoms with Gasteiger partial charge in [-0.3, -0.25) is 4.98 Å². The van der Waals surface area contributed by atoms with E-state index in [9.17, 15) is 13.2 Å². The maximum absolute atomic E-state index is 12.1. The van der Waals surface area contributed by atoms with Gasteiger partial charge in [0.1, 0.15) is 0 Å². The zero-order chi connectivity index (χ0) is 10.6. The summed E-state index contributed by atoms with van der Waals surface area (Å²) in [5.74, 6) is 0. The van der Waals surface area contributed by atoms with Crippen LogP contribution in [0.1, 0.15) is 11.3 Å². The third kappa shape index (κ3) is 2.99. The van der Waals surface area contributed by atoms with Crippen LogP contribution in [0.3, 0.4) is 0 Å². The summed E-state index contributed by atoms with van der Waals surface area (Å²) < 4.78 is 41.1. The lowest BCUT2D eigenvalue weighted by atomic mass is 10.2. The Morgan fingerprint density at radius 1 is 1.36 bits per heavy atom. The van der Waals surface area contributed by atoms with E-state index in [1.54, 1.807) is 0 Å². The van der Waals surface area contributed by atoms with Crippen molar-refractivity contribution in [3.63, 3.8) is 0 Å². The number of methoxy groups -OCH3 is 1. The molecule has 0 saturated carbocycles. The molecule has 0 aliphatic heterocycles. The second kappa shape index (κ2) is 4.41. The van der Waals surface area contributed by atoms with Crippen LogP contribution >= 0.6 is 0 Å². The predicted octanol–water partition coefficient (Wildman–Crippen LogP) is 2.29. The third-order valence-corrected chi connectivity index (χ3v) is 1.71. The van der Waals surface area contributed by atoms with Gasteiger partial charge in [0, 0.05) is 25.4 Å². The fraction of sp³-hybridized carbons (Fsp3) is 0.444. The molecule has 0 N–H and O–H groups in total. The molecule has 0 amide bonds. The van der Waals surface area contributed by atoms with E-state index in [-0.39, 0.29) is 0 Å². The molecule has 1 rings (SSSR count). The Morgan fingerprint density at radius 3 is 2.50 bits per heavy atom. The Kier molecular flexibility index (Phi) is 3.46. The molecule has 0 bridgehead atoms. The van der Waals surface area contributed by atoms with Crippen molar-refractivity contribution in [1.29, 1.82) is 0 Å². The molecule has 5 heteroatoms. The van der Waals surface area contributed by atoms with Crippen LogP contribution in [0.5, 0.6) is 0 Å². The van der Waals surface area contributed by atoms with Crippen LogP contribution in [0.15, 0.2) is 18.3 Å². The van der Waals surface area contributed by atoms with Crippen LogP contribution in [0.25, 0.3) is 0 Å². The van der Waals surface area contributed by atoms with Crippen molar-refractivity contribution in [1.82, 2.24) is 4.98 Å². The second-order valence-corrected chi connectivity index (χ2v) is 2.78. The Morgan fingerprint density at radius 2 is 2.07 bits per heavy atom. The average Bonchev–Trinajstić information content (AvgIpc) is 2.14. The zero-order valence-electron chi connectivity index (χ0n) is 7.64. The van der Waals surface area contributed by atoms with Crippen molar-refractivity contribution in [3.8, 4) is 0 Å². The molecule has 0 spiro atoms. The van der Waals surface area contributed by atoms with Crippen molar-refractivity contribution < 1.29 is 17.9 Å². The number of ether oxygens (including phenoxy) is 1. The molecule has 78 valence electrons. The molecule has 0 aliphatic carbocycles. The second-order valence-electron chi connectivity index (χ2n) is 2.78. The summed E-state index contributed by atoms with van der Waals surface area (Å²) >= 11 is 0. The third-order valence-electron chi connectivity index (χ3n) is 1.71. The average molecular weight is 205 g/mol. The molecule has 0 atom stereocenters. The monoisotopic (exact) mass is 205 g/mol. The first kappa shape index (κ1) is 11.0. The standard InChI is InChI=1S/C9H10F3NO/c1-14-5-4-8-3-2-7(6-13-8)9(10,11)12/h2-3,6H,4-5H2,1H3. The molecule has 1 heterocycles. The number of alkyl halides is 3. The van der Waals surface area contributed by atoms with Gasteiger partial charge in [0.2, 0.25) is 0 Å².